The Morgan fingerprint density at radius 3 is 2.56 bits per heavy atom. The van der Waals surface area contributed by atoms with Crippen LogP contribution >= 0.6 is 0 Å². The van der Waals surface area contributed by atoms with Gasteiger partial charge in [0.25, 0.3) is 0 Å². The second kappa shape index (κ2) is 4.66. The Kier molecular flexibility index (Phi) is 3.05. The number of carboxylic acids is 1. The molecular weight excluding hydrogens is 204 g/mol. The predicted octanol–water partition coefficient (Wildman–Crippen LogP) is 2.69. The van der Waals surface area contributed by atoms with E-state index in [0.29, 0.717) is 6.42 Å². The Morgan fingerprint density at radius 2 is 2.00 bits per heavy atom. The van der Waals surface area contributed by atoms with E-state index in [0.717, 1.165) is 11.1 Å². The van der Waals surface area contributed by atoms with Gasteiger partial charge in [-0.05, 0) is 23.6 Å². The summed E-state index contributed by atoms with van der Waals surface area (Å²) in [5.74, 6) is -1.33. The van der Waals surface area contributed by atoms with Crippen LogP contribution < -0.4 is 0 Å². The lowest BCUT2D eigenvalue weighted by atomic mass is 9.93. The van der Waals surface area contributed by atoms with Crippen molar-refractivity contribution in [2.75, 3.05) is 0 Å². The zero-order valence-corrected chi connectivity index (χ0v) is 8.67. The molecule has 0 radical (unpaired) electrons. The number of furan rings is 1. The summed E-state index contributed by atoms with van der Waals surface area (Å²) in [7, 11) is 0. The molecule has 3 heteroatoms. The van der Waals surface area contributed by atoms with Gasteiger partial charge in [0.15, 0.2) is 0 Å². The third kappa shape index (κ3) is 2.31. The molecule has 1 N–H and O–H groups in total. The van der Waals surface area contributed by atoms with Crippen LogP contribution in [0.25, 0.3) is 0 Å². The first-order chi connectivity index (χ1) is 7.77. The Labute approximate surface area is 93.3 Å². The molecule has 2 rings (SSSR count). The summed E-state index contributed by atoms with van der Waals surface area (Å²) < 4.78 is 4.94. The van der Waals surface area contributed by atoms with Crippen LogP contribution in [0.1, 0.15) is 17.0 Å². The largest absolute Gasteiger partial charge is 0.481 e. The monoisotopic (exact) mass is 216 g/mol. The molecule has 3 nitrogen and oxygen atoms in total. The summed E-state index contributed by atoms with van der Waals surface area (Å²) >= 11 is 0. The van der Waals surface area contributed by atoms with Crippen LogP contribution in [-0.2, 0) is 11.2 Å². The maximum Gasteiger partial charge on any atom is 0.311 e. The van der Waals surface area contributed by atoms with E-state index in [1.807, 2.05) is 30.3 Å². The number of hydrogen-bond acceptors (Lipinski definition) is 2. The minimum Gasteiger partial charge on any atom is -0.481 e. The molecule has 1 heterocycles. The third-order valence-corrected chi connectivity index (χ3v) is 2.52. The Morgan fingerprint density at radius 1 is 1.25 bits per heavy atom. The molecule has 0 aliphatic carbocycles. The van der Waals surface area contributed by atoms with Crippen LogP contribution in [0, 0.1) is 0 Å². The van der Waals surface area contributed by atoms with Gasteiger partial charge in [-0.15, -0.1) is 0 Å². The normalized spacial score (nSPS) is 12.2. The van der Waals surface area contributed by atoms with Crippen molar-refractivity contribution in [3.8, 4) is 0 Å². The van der Waals surface area contributed by atoms with Gasteiger partial charge in [0.2, 0.25) is 0 Å². The predicted molar refractivity (Wildman–Crippen MR) is 59.2 cm³/mol. The van der Waals surface area contributed by atoms with Crippen LogP contribution in [0.15, 0.2) is 53.3 Å². The van der Waals surface area contributed by atoms with Crippen LogP contribution in [0.5, 0.6) is 0 Å². The lowest BCUT2D eigenvalue weighted by Crippen LogP contribution is -2.13. The van der Waals surface area contributed by atoms with Crippen LogP contribution in [0.3, 0.4) is 0 Å². The first-order valence-corrected chi connectivity index (χ1v) is 5.06. The van der Waals surface area contributed by atoms with E-state index in [-0.39, 0.29) is 0 Å². The van der Waals surface area contributed by atoms with Gasteiger partial charge in [-0.2, -0.15) is 0 Å². The number of carbonyl (C=O) groups is 1. The van der Waals surface area contributed by atoms with E-state index in [9.17, 15) is 9.90 Å². The molecule has 16 heavy (non-hydrogen) atoms. The van der Waals surface area contributed by atoms with Gasteiger partial charge >= 0.3 is 5.97 Å². The van der Waals surface area contributed by atoms with Gasteiger partial charge in [-0.3, -0.25) is 4.79 Å². The summed E-state index contributed by atoms with van der Waals surface area (Å²) in [6.45, 7) is 0. The molecule has 0 spiro atoms. The van der Waals surface area contributed by atoms with E-state index in [1.165, 1.54) is 0 Å². The third-order valence-electron chi connectivity index (χ3n) is 2.52. The van der Waals surface area contributed by atoms with Crippen LogP contribution in [-0.4, -0.2) is 11.1 Å². The van der Waals surface area contributed by atoms with Gasteiger partial charge in [0, 0.05) is 0 Å². The Bertz CT molecular complexity index is 445. The highest BCUT2D eigenvalue weighted by molar-refractivity contribution is 5.76. The summed E-state index contributed by atoms with van der Waals surface area (Å²) in [6.07, 6.45) is 3.59. The highest BCUT2D eigenvalue weighted by atomic mass is 16.4. The topological polar surface area (TPSA) is 50.4 Å². The molecule has 1 aromatic heterocycles. The van der Waals surface area contributed by atoms with E-state index in [1.54, 1.807) is 18.6 Å². The van der Waals surface area contributed by atoms with Crippen molar-refractivity contribution < 1.29 is 14.3 Å². The van der Waals surface area contributed by atoms with Gasteiger partial charge in [-0.25, -0.2) is 0 Å². The van der Waals surface area contributed by atoms with Gasteiger partial charge in [0.05, 0.1) is 18.4 Å². The lowest BCUT2D eigenvalue weighted by molar-refractivity contribution is -0.138. The summed E-state index contributed by atoms with van der Waals surface area (Å²) in [6, 6.07) is 11.0. The quantitative estimate of drug-likeness (QED) is 0.854. The summed E-state index contributed by atoms with van der Waals surface area (Å²) in [4.78, 5) is 11.2. The highest BCUT2D eigenvalue weighted by Crippen LogP contribution is 2.21. The van der Waals surface area contributed by atoms with Crippen molar-refractivity contribution in [2.45, 2.75) is 12.3 Å². The second-order valence-electron chi connectivity index (χ2n) is 3.64. The molecule has 0 bridgehead atoms. The molecule has 82 valence electrons. The molecule has 1 aromatic carbocycles. The van der Waals surface area contributed by atoms with Gasteiger partial charge in [0.1, 0.15) is 0 Å². The van der Waals surface area contributed by atoms with Crippen molar-refractivity contribution in [2.24, 2.45) is 0 Å². The molecule has 0 aliphatic rings. The first kappa shape index (κ1) is 10.5. The SMILES string of the molecule is O=C(O)C(Cc1ccoc1)c1ccccc1. The minimum absolute atomic E-state index is 0.454. The maximum absolute atomic E-state index is 11.2. The molecular formula is C13H12O3. The van der Waals surface area contributed by atoms with Crippen LogP contribution in [0.4, 0.5) is 0 Å². The zero-order valence-electron chi connectivity index (χ0n) is 8.67. The van der Waals surface area contributed by atoms with E-state index < -0.39 is 11.9 Å². The van der Waals surface area contributed by atoms with Crippen molar-refractivity contribution >= 4 is 5.97 Å². The van der Waals surface area contributed by atoms with Gasteiger partial charge < -0.3 is 9.52 Å². The zero-order chi connectivity index (χ0) is 11.4. The number of hydrogen-bond donors (Lipinski definition) is 1. The van der Waals surface area contributed by atoms with Crippen molar-refractivity contribution in [1.29, 1.82) is 0 Å². The Balaban J connectivity index is 2.22. The second-order valence-corrected chi connectivity index (χ2v) is 3.64. The van der Waals surface area contributed by atoms with E-state index in [4.69, 9.17) is 4.42 Å². The average molecular weight is 216 g/mol. The molecule has 1 unspecified atom stereocenters. The molecule has 0 fully saturated rings. The molecule has 0 saturated carbocycles. The fourth-order valence-electron chi connectivity index (χ4n) is 1.68. The summed E-state index contributed by atoms with van der Waals surface area (Å²) in [5, 5.41) is 9.19. The molecule has 0 saturated heterocycles. The molecule has 0 amide bonds. The molecule has 0 aliphatic heterocycles. The van der Waals surface area contributed by atoms with Crippen LogP contribution in [0.2, 0.25) is 0 Å². The first-order valence-electron chi connectivity index (χ1n) is 5.06. The fraction of sp³-hybridized carbons (Fsp3) is 0.154. The van der Waals surface area contributed by atoms with E-state index >= 15 is 0 Å². The van der Waals surface area contributed by atoms with Gasteiger partial charge in [-0.1, -0.05) is 30.3 Å². The fourth-order valence-corrected chi connectivity index (χ4v) is 1.68. The highest BCUT2D eigenvalue weighted by Gasteiger charge is 2.20. The van der Waals surface area contributed by atoms with Crippen molar-refractivity contribution in [3.63, 3.8) is 0 Å². The van der Waals surface area contributed by atoms with Crippen molar-refractivity contribution in [3.05, 3.63) is 60.1 Å². The van der Waals surface area contributed by atoms with Crippen molar-refractivity contribution in [1.82, 2.24) is 0 Å². The van der Waals surface area contributed by atoms with E-state index in [2.05, 4.69) is 0 Å². The average Bonchev–Trinajstić information content (AvgIpc) is 2.79. The smallest absolute Gasteiger partial charge is 0.311 e. The number of benzene rings is 1. The number of rotatable bonds is 4. The summed E-state index contributed by atoms with van der Waals surface area (Å²) in [5.41, 5.74) is 1.72. The maximum atomic E-state index is 11.2. The molecule has 2 aromatic rings. The number of aliphatic carboxylic acids is 1. The molecule has 1 atom stereocenters. The number of carboxylic acid groups (broad SMARTS) is 1. The Hall–Kier alpha value is -2.03. The standard InChI is InChI=1S/C13H12O3/c14-13(15)12(8-10-6-7-16-9-10)11-4-2-1-3-5-11/h1-7,9,12H,8H2,(H,14,15). The lowest BCUT2D eigenvalue weighted by Gasteiger charge is -2.11. The minimum atomic E-state index is -0.813.